The third-order valence-corrected chi connectivity index (χ3v) is 4.80. The number of benzene rings is 1. The number of carbonyl (C=O) groups is 2. The van der Waals surface area contributed by atoms with Crippen LogP contribution >= 0.6 is 0 Å². The molecule has 2 saturated heterocycles. The lowest BCUT2D eigenvalue weighted by Crippen LogP contribution is -3.17. The highest BCUT2D eigenvalue weighted by atomic mass is 16.5. The maximum absolute atomic E-state index is 12.7. The van der Waals surface area contributed by atoms with E-state index in [0.29, 0.717) is 25.1 Å². The molecule has 0 aliphatic carbocycles. The fourth-order valence-corrected chi connectivity index (χ4v) is 3.46. The van der Waals surface area contributed by atoms with Crippen LogP contribution in [-0.2, 0) is 9.59 Å². The maximum Gasteiger partial charge on any atom is 0.292 e. The highest BCUT2D eigenvalue weighted by Gasteiger charge is 2.46. The van der Waals surface area contributed by atoms with E-state index in [2.05, 4.69) is 0 Å². The number of aliphatic hydroxyl groups excluding tert-OH is 1. The molecule has 1 aromatic carbocycles. The Balaban J connectivity index is 1.70. The number of nitrogens with one attached hydrogen (secondary N) is 1. The number of hydrogen-bond donors (Lipinski definition) is 2. The van der Waals surface area contributed by atoms with Crippen LogP contribution in [0.2, 0.25) is 0 Å². The van der Waals surface area contributed by atoms with Crippen LogP contribution in [0, 0.1) is 0 Å². The van der Waals surface area contributed by atoms with Gasteiger partial charge in [-0.15, -0.1) is 0 Å². The van der Waals surface area contributed by atoms with E-state index in [-0.39, 0.29) is 30.4 Å². The van der Waals surface area contributed by atoms with Crippen molar-refractivity contribution in [3.63, 3.8) is 0 Å². The highest BCUT2D eigenvalue weighted by molar-refractivity contribution is 6.21. The normalized spacial score (nSPS) is 27.6. The smallest absolute Gasteiger partial charge is 0.292 e. The first-order valence-electron chi connectivity index (χ1n) is 8.72. The van der Waals surface area contributed by atoms with Crippen molar-refractivity contribution in [3.05, 3.63) is 24.3 Å². The minimum absolute atomic E-state index is 0.131. The van der Waals surface area contributed by atoms with Gasteiger partial charge in [0.25, 0.3) is 5.91 Å². The zero-order valence-electron chi connectivity index (χ0n) is 14.0. The van der Waals surface area contributed by atoms with Crippen LogP contribution in [0.3, 0.4) is 0 Å². The molecule has 2 aliphatic rings. The van der Waals surface area contributed by atoms with Gasteiger partial charge >= 0.3 is 0 Å². The summed E-state index contributed by atoms with van der Waals surface area (Å²) in [5.41, 5.74) is 0.604. The fourth-order valence-electron chi connectivity index (χ4n) is 3.46. The van der Waals surface area contributed by atoms with Gasteiger partial charge < -0.3 is 14.7 Å². The van der Waals surface area contributed by atoms with Crippen LogP contribution in [-0.4, -0.2) is 48.8 Å². The summed E-state index contributed by atoms with van der Waals surface area (Å²) in [5, 5.41) is 9.62. The number of nitrogens with zero attached hydrogens (tertiary/aromatic N) is 1. The Hall–Kier alpha value is -1.92. The molecule has 2 heterocycles. The third-order valence-electron chi connectivity index (χ3n) is 4.80. The fraction of sp³-hybridized carbons (Fsp3) is 0.556. The molecule has 0 unspecified atom stereocenters. The van der Waals surface area contributed by atoms with Gasteiger partial charge in [-0.25, -0.2) is 4.90 Å². The van der Waals surface area contributed by atoms with Gasteiger partial charge in [-0.3, -0.25) is 9.59 Å². The average Bonchev–Trinajstić information content (AvgIpc) is 2.89. The first kappa shape index (κ1) is 16.9. The molecule has 1 aromatic rings. The van der Waals surface area contributed by atoms with Gasteiger partial charge in [0.05, 0.1) is 37.9 Å². The van der Waals surface area contributed by atoms with E-state index < -0.39 is 0 Å². The van der Waals surface area contributed by atoms with Crippen molar-refractivity contribution in [2.24, 2.45) is 0 Å². The number of amides is 2. The van der Waals surface area contributed by atoms with Gasteiger partial charge in [0.15, 0.2) is 6.04 Å². The molecule has 130 valence electrons. The van der Waals surface area contributed by atoms with Crippen molar-refractivity contribution in [1.82, 2.24) is 0 Å². The Kier molecular flexibility index (Phi) is 5.16. The van der Waals surface area contributed by atoms with E-state index in [0.717, 1.165) is 30.2 Å². The lowest BCUT2D eigenvalue weighted by atomic mass is 10.1. The van der Waals surface area contributed by atoms with Crippen LogP contribution in [0.15, 0.2) is 24.3 Å². The summed E-state index contributed by atoms with van der Waals surface area (Å²) in [5.74, 6) is 0.464. The number of carbonyl (C=O) groups excluding carboxylic acids is 2. The van der Waals surface area contributed by atoms with E-state index in [9.17, 15) is 14.7 Å². The molecule has 6 heteroatoms. The number of hydrogen-bond acceptors (Lipinski definition) is 4. The van der Waals surface area contributed by atoms with Gasteiger partial charge in [-0.1, -0.05) is 6.92 Å². The molecule has 24 heavy (non-hydrogen) atoms. The Morgan fingerprint density at radius 3 is 2.50 bits per heavy atom. The Bertz CT molecular complexity index is 594. The van der Waals surface area contributed by atoms with E-state index >= 15 is 0 Å². The summed E-state index contributed by atoms with van der Waals surface area (Å²) in [6.45, 7) is 4.16. The lowest BCUT2D eigenvalue weighted by Gasteiger charge is -2.29. The molecule has 6 nitrogen and oxygen atoms in total. The second-order valence-corrected chi connectivity index (χ2v) is 6.56. The number of aliphatic hydroxyl groups is 1. The molecule has 0 spiro atoms. The van der Waals surface area contributed by atoms with Gasteiger partial charge in [0.1, 0.15) is 5.75 Å². The maximum atomic E-state index is 12.7. The first-order valence-corrected chi connectivity index (χ1v) is 8.72. The summed E-state index contributed by atoms with van der Waals surface area (Å²) in [7, 11) is 0. The largest absolute Gasteiger partial charge is 0.494 e. The topological polar surface area (TPSA) is 71.3 Å². The van der Waals surface area contributed by atoms with Gasteiger partial charge in [0, 0.05) is 12.8 Å². The second-order valence-electron chi connectivity index (χ2n) is 6.56. The lowest BCUT2D eigenvalue weighted by molar-refractivity contribution is -0.920. The molecule has 2 aliphatic heterocycles. The van der Waals surface area contributed by atoms with Crippen molar-refractivity contribution >= 4 is 17.5 Å². The summed E-state index contributed by atoms with van der Waals surface area (Å²) in [4.78, 5) is 27.5. The summed E-state index contributed by atoms with van der Waals surface area (Å²) < 4.78 is 5.54. The second kappa shape index (κ2) is 7.32. The van der Waals surface area contributed by atoms with Crippen molar-refractivity contribution < 1.29 is 24.3 Å². The van der Waals surface area contributed by atoms with E-state index in [4.69, 9.17) is 4.74 Å². The monoisotopic (exact) mass is 333 g/mol. The molecule has 0 bridgehead atoms. The van der Waals surface area contributed by atoms with Crippen molar-refractivity contribution in [3.8, 4) is 5.75 Å². The van der Waals surface area contributed by atoms with Crippen molar-refractivity contribution in [2.75, 3.05) is 24.6 Å². The third kappa shape index (κ3) is 3.44. The minimum atomic E-state index is -0.319. The molecule has 0 aromatic heterocycles. The minimum Gasteiger partial charge on any atom is -0.494 e. The number of likely N-dealkylation sites (tertiary alicyclic amines) is 1. The molecular formula is C18H25N2O4+. The standard InChI is InChI=1S/C18H24N2O4/c1-2-11-24-15-5-3-13(4-6-15)20-17(22)12-16(18(20)23)19-9-7-14(21)8-10-19/h3-6,14,16,21H,2,7-12H2,1H3/p+1/t16-/m0/s1. The number of quaternary nitrogens is 1. The Labute approximate surface area is 142 Å². The first-order chi connectivity index (χ1) is 11.6. The molecule has 3 rings (SSSR count). The van der Waals surface area contributed by atoms with Crippen molar-refractivity contribution in [1.29, 1.82) is 0 Å². The van der Waals surface area contributed by atoms with E-state index in [1.54, 1.807) is 24.3 Å². The predicted octanol–water partition coefficient (Wildman–Crippen LogP) is 0.147. The molecule has 2 N–H and O–H groups in total. The van der Waals surface area contributed by atoms with Crippen LogP contribution in [0.1, 0.15) is 32.6 Å². The summed E-state index contributed by atoms with van der Waals surface area (Å²) in [6, 6.07) is 6.80. The summed E-state index contributed by atoms with van der Waals surface area (Å²) in [6.07, 6.45) is 2.29. The van der Waals surface area contributed by atoms with Crippen LogP contribution in [0.4, 0.5) is 5.69 Å². The molecule has 2 amide bonds. The molecular weight excluding hydrogens is 308 g/mol. The van der Waals surface area contributed by atoms with Crippen LogP contribution < -0.4 is 14.5 Å². The van der Waals surface area contributed by atoms with E-state index in [1.807, 2.05) is 6.92 Å². The molecule has 0 radical (unpaired) electrons. The number of imide groups is 1. The van der Waals surface area contributed by atoms with Crippen molar-refractivity contribution in [2.45, 2.75) is 44.8 Å². The number of rotatable bonds is 5. The zero-order valence-corrected chi connectivity index (χ0v) is 14.0. The van der Waals surface area contributed by atoms with Crippen LogP contribution in [0.5, 0.6) is 5.75 Å². The van der Waals surface area contributed by atoms with Gasteiger partial charge in [-0.2, -0.15) is 0 Å². The SMILES string of the molecule is CCCOc1ccc(N2C(=O)C[C@H]([NH+]3CCC(O)CC3)C2=O)cc1. The quantitative estimate of drug-likeness (QED) is 0.753. The predicted molar refractivity (Wildman–Crippen MR) is 89.1 cm³/mol. The molecule has 2 fully saturated rings. The Morgan fingerprint density at radius 1 is 1.21 bits per heavy atom. The Morgan fingerprint density at radius 2 is 1.88 bits per heavy atom. The summed E-state index contributed by atoms with van der Waals surface area (Å²) >= 11 is 0. The number of anilines is 1. The van der Waals surface area contributed by atoms with Gasteiger partial charge in [0.2, 0.25) is 5.91 Å². The zero-order chi connectivity index (χ0) is 17.1. The average molecular weight is 333 g/mol. The van der Waals surface area contributed by atoms with Crippen LogP contribution in [0.25, 0.3) is 0 Å². The molecule has 0 saturated carbocycles. The van der Waals surface area contributed by atoms with Gasteiger partial charge in [-0.05, 0) is 30.7 Å². The highest BCUT2D eigenvalue weighted by Crippen LogP contribution is 2.24. The number of ether oxygens (including phenoxy) is 1. The number of piperidine rings is 1. The van der Waals surface area contributed by atoms with E-state index in [1.165, 1.54) is 4.90 Å². The molecule has 1 atom stereocenters.